The summed E-state index contributed by atoms with van der Waals surface area (Å²) in [5.41, 5.74) is 0.447. The topological polar surface area (TPSA) is 63.2 Å². The van der Waals surface area contributed by atoms with Crippen molar-refractivity contribution in [3.05, 3.63) is 29.8 Å². The van der Waals surface area contributed by atoms with Crippen molar-refractivity contribution in [2.75, 3.05) is 6.54 Å². The molecule has 0 radical (unpaired) electrons. The lowest BCUT2D eigenvalue weighted by atomic mass is 9.82. The average molecular weight is 330 g/mol. The van der Waals surface area contributed by atoms with Gasteiger partial charge in [0.25, 0.3) is 15.0 Å². The van der Waals surface area contributed by atoms with E-state index in [-0.39, 0.29) is 10.8 Å². The molecule has 2 atom stereocenters. The number of amides is 1. The zero-order chi connectivity index (χ0) is 15.5. The number of benzene rings is 1. The molecule has 1 N–H and O–H groups in total. The van der Waals surface area contributed by atoms with Gasteiger partial charge < -0.3 is 5.32 Å². The summed E-state index contributed by atoms with van der Waals surface area (Å²) in [6.07, 6.45) is 4.82. The van der Waals surface area contributed by atoms with Crippen molar-refractivity contribution in [2.45, 2.75) is 37.5 Å². The monoisotopic (exact) mass is 329 g/mol. The third-order valence-corrected chi connectivity index (χ3v) is 5.36. The lowest BCUT2D eigenvalue weighted by molar-refractivity contribution is 0.0940. The predicted molar refractivity (Wildman–Crippen MR) is 82.9 cm³/mol. The highest BCUT2D eigenvalue weighted by atomic mass is 35.7. The Hall–Kier alpha value is -1.07. The Kier molecular flexibility index (Phi) is 5.27. The number of hydrogen-bond acceptors (Lipinski definition) is 3. The molecule has 0 heterocycles. The second-order valence-corrected chi connectivity index (χ2v) is 8.38. The lowest BCUT2D eigenvalue weighted by Gasteiger charge is -2.26. The van der Waals surface area contributed by atoms with E-state index >= 15 is 0 Å². The van der Waals surface area contributed by atoms with Gasteiger partial charge in [-0.05, 0) is 48.9 Å². The van der Waals surface area contributed by atoms with Crippen LogP contribution in [0.1, 0.15) is 43.0 Å². The van der Waals surface area contributed by atoms with E-state index in [9.17, 15) is 13.2 Å². The molecular formula is C15H20ClNO3S. The van der Waals surface area contributed by atoms with Gasteiger partial charge in [0.1, 0.15) is 0 Å². The Labute approximate surface area is 130 Å². The van der Waals surface area contributed by atoms with Crippen LogP contribution in [0.25, 0.3) is 0 Å². The molecule has 6 heteroatoms. The normalized spacial score (nSPS) is 22.8. The van der Waals surface area contributed by atoms with Crippen molar-refractivity contribution < 1.29 is 13.2 Å². The van der Waals surface area contributed by atoms with E-state index in [0.717, 1.165) is 18.8 Å². The number of halogens is 1. The first kappa shape index (κ1) is 16.3. The largest absolute Gasteiger partial charge is 0.352 e. The molecule has 116 valence electrons. The third kappa shape index (κ3) is 4.71. The van der Waals surface area contributed by atoms with E-state index in [1.807, 2.05) is 0 Å². The van der Waals surface area contributed by atoms with Crippen LogP contribution < -0.4 is 5.32 Å². The molecule has 2 unspecified atom stereocenters. The Balaban J connectivity index is 1.91. The number of carbonyl (C=O) groups is 1. The minimum absolute atomic E-state index is 0.00169. The third-order valence-electron chi connectivity index (χ3n) is 3.99. The average Bonchev–Trinajstić information content (AvgIpc) is 2.44. The summed E-state index contributed by atoms with van der Waals surface area (Å²) in [6, 6.07) is 5.65. The summed E-state index contributed by atoms with van der Waals surface area (Å²) in [6.45, 7) is 2.93. The molecule has 0 aliphatic heterocycles. The van der Waals surface area contributed by atoms with E-state index < -0.39 is 9.05 Å². The van der Waals surface area contributed by atoms with Gasteiger partial charge in [-0.15, -0.1) is 0 Å². The molecule has 0 saturated heterocycles. The van der Waals surface area contributed by atoms with E-state index in [1.165, 1.54) is 37.1 Å². The van der Waals surface area contributed by atoms with Crippen LogP contribution in [-0.2, 0) is 9.05 Å². The molecule has 1 aromatic carbocycles. The predicted octanol–water partition coefficient (Wildman–Crippen LogP) is 3.17. The Morgan fingerprint density at radius 1 is 1.29 bits per heavy atom. The molecule has 1 fully saturated rings. The Bertz CT molecular complexity index is 598. The molecule has 21 heavy (non-hydrogen) atoms. The molecule has 0 spiro atoms. The summed E-state index contributed by atoms with van der Waals surface area (Å²) >= 11 is 0. The van der Waals surface area contributed by atoms with Gasteiger partial charge >= 0.3 is 0 Å². The molecule has 4 nitrogen and oxygen atoms in total. The van der Waals surface area contributed by atoms with E-state index in [2.05, 4.69) is 12.2 Å². The van der Waals surface area contributed by atoms with Crippen molar-refractivity contribution in [3.8, 4) is 0 Å². The summed E-state index contributed by atoms with van der Waals surface area (Å²) in [5.74, 6) is 1.10. The molecular weight excluding hydrogens is 310 g/mol. The van der Waals surface area contributed by atoms with Crippen LogP contribution in [-0.4, -0.2) is 20.9 Å². The molecule has 0 bridgehead atoms. The molecule has 0 aromatic heterocycles. The first-order chi connectivity index (χ1) is 9.86. The van der Waals surface area contributed by atoms with Crippen LogP contribution in [0.2, 0.25) is 0 Å². The maximum absolute atomic E-state index is 12.0. The van der Waals surface area contributed by atoms with Crippen molar-refractivity contribution in [2.24, 2.45) is 11.8 Å². The van der Waals surface area contributed by atoms with Gasteiger partial charge in [-0.25, -0.2) is 8.42 Å². The second-order valence-electron chi connectivity index (χ2n) is 5.81. The van der Waals surface area contributed by atoms with Crippen LogP contribution in [0.4, 0.5) is 0 Å². The fourth-order valence-corrected chi connectivity index (χ4v) is 3.62. The van der Waals surface area contributed by atoms with Crippen LogP contribution in [0.5, 0.6) is 0 Å². The Morgan fingerprint density at radius 3 is 2.52 bits per heavy atom. The van der Waals surface area contributed by atoms with Gasteiger partial charge in [0.05, 0.1) is 4.90 Å². The van der Waals surface area contributed by atoms with Gasteiger partial charge in [-0.3, -0.25) is 4.79 Å². The molecule has 1 aromatic rings. The number of carbonyl (C=O) groups excluding carboxylic acids is 1. The molecule has 1 amide bonds. The van der Waals surface area contributed by atoms with Crippen molar-refractivity contribution in [1.82, 2.24) is 5.32 Å². The van der Waals surface area contributed by atoms with Crippen molar-refractivity contribution in [1.29, 1.82) is 0 Å². The van der Waals surface area contributed by atoms with Gasteiger partial charge in [-0.1, -0.05) is 19.8 Å². The molecule has 1 aliphatic rings. The van der Waals surface area contributed by atoms with Gasteiger partial charge in [0.2, 0.25) is 0 Å². The van der Waals surface area contributed by atoms with Crippen LogP contribution >= 0.6 is 10.7 Å². The zero-order valence-electron chi connectivity index (χ0n) is 12.0. The highest BCUT2D eigenvalue weighted by Crippen LogP contribution is 2.28. The molecule has 1 aliphatic carbocycles. The summed E-state index contributed by atoms with van der Waals surface area (Å²) in [4.78, 5) is 12.0. The van der Waals surface area contributed by atoms with Crippen molar-refractivity contribution in [3.63, 3.8) is 0 Å². The number of nitrogens with one attached hydrogen (secondary N) is 1. The van der Waals surface area contributed by atoms with Gasteiger partial charge in [-0.2, -0.15) is 0 Å². The zero-order valence-corrected chi connectivity index (χ0v) is 13.6. The highest BCUT2D eigenvalue weighted by Gasteiger charge is 2.19. The van der Waals surface area contributed by atoms with E-state index in [4.69, 9.17) is 10.7 Å². The quantitative estimate of drug-likeness (QED) is 0.863. The van der Waals surface area contributed by atoms with Crippen LogP contribution in [0.15, 0.2) is 29.2 Å². The van der Waals surface area contributed by atoms with E-state index in [1.54, 1.807) is 0 Å². The minimum Gasteiger partial charge on any atom is -0.352 e. The minimum atomic E-state index is -3.74. The van der Waals surface area contributed by atoms with Crippen LogP contribution in [0.3, 0.4) is 0 Å². The number of rotatable bonds is 4. The highest BCUT2D eigenvalue weighted by molar-refractivity contribution is 8.13. The maximum atomic E-state index is 12.0. The molecule has 2 rings (SSSR count). The summed E-state index contributed by atoms with van der Waals surface area (Å²) in [7, 11) is 1.50. The number of hydrogen-bond donors (Lipinski definition) is 1. The van der Waals surface area contributed by atoms with Gasteiger partial charge in [0.15, 0.2) is 0 Å². The lowest BCUT2D eigenvalue weighted by Crippen LogP contribution is -2.31. The standard InChI is InChI=1S/C15H20ClNO3S/c1-11-3-2-4-12(9-11)10-17-15(18)13-5-7-14(8-6-13)21(16,19)20/h5-8,11-12H,2-4,9-10H2,1H3,(H,17,18). The van der Waals surface area contributed by atoms with Gasteiger partial charge in [0, 0.05) is 22.8 Å². The fraction of sp³-hybridized carbons (Fsp3) is 0.533. The van der Waals surface area contributed by atoms with E-state index in [0.29, 0.717) is 18.0 Å². The summed E-state index contributed by atoms with van der Waals surface area (Å²) in [5, 5.41) is 2.93. The second kappa shape index (κ2) is 6.79. The maximum Gasteiger partial charge on any atom is 0.261 e. The van der Waals surface area contributed by atoms with Crippen LogP contribution in [0, 0.1) is 11.8 Å². The van der Waals surface area contributed by atoms with Crippen molar-refractivity contribution >= 4 is 25.6 Å². The molecule has 1 saturated carbocycles. The summed E-state index contributed by atoms with van der Waals surface area (Å²) < 4.78 is 22.3. The first-order valence-electron chi connectivity index (χ1n) is 7.19. The Morgan fingerprint density at radius 2 is 1.95 bits per heavy atom. The fourth-order valence-electron chi connectivity index (χ4n) is 2.85. The SMILES string of the molecule is CC1CCCC(CNC(=O)c2ccc(S(=O)(=O)Cl)cc2)C1. The first-order valence-corrected chi connectivity index (χ1v) is 9.50. The smallest absolute Gasteiger partial charge is 0.261 e.